The number of anilines is 1. The van der Waals surface area contributed by atoms with Gasteiger partial charge >= 0.3 is 0 Å². The number of amides is 1. The molecule has 1 aromatic carbocycles. The van der Waals surface area contributed by atoms with E-state index in [2.05, 4.69) is 6.58 Å². The van der Waals surface area contributed by atoms with Gasteiger partial charge in [0.2, 0.25) is 5.91 Å². The molecular weight excluding hydrogens is 218 g/mol. The summed E-state index contributed by atoms with van der Waals surface area (Å²) in [5.41, 5.74) is 0.810. The Bertz CT molecular complexity index is 409. The van der Waals surface area contributed by atoms with Gasteiger partial charge in [-0.25, -0.2) is 0 Å². The van der Waals surface area contributed by atoms with Crippen LogP contribution in [0.4, 0.5) is 5.69 Å². The van der Waals surface area contributed by atoms with E-state index in [1.807, 2.05) is 24.3 Å². The largest absolute Gasteiger partial charge is 0.491 e. The van der Waals surface area contributed by atoms with Gasteiger partial charge in [-0.1, -0.05) is 6.58 Å². The highest BCUT2D eigenvalue weighted by Gasteiger charge is 2.22. The Morgan fingerprint density at radius 2 is 2.24 bits per heavy atom. The van der Waals surface area contributed by atoms with Crippen LogP contribution in [0.1, 0.15) is 0 Å². The zero-order valence-corrected chi connectivity index (χ0v) is 9.76. The average molecular weight is 233 g/mol. The van der Waals surface area contributed by atoms with Gasteiger partial charge in [0.15, 0.2) is 0 Å². The molecule has 4 heteroatoms. The summed E-state index contributed by atoms with van der Waals surface area (Å²) in [4.78, 5) is 12.9. The summed E-state index contributed by atoms with van der Waals surface area (Å²) in [7, 11) is 1.71. The fraction of sp³-hybridized carbons (Fsp3) is 0.308. The zero-order valence-electron chi connectivity index (χ0n) is 9.76. The summed E-state index contributed by atoms with van der Waals surface area (Å²) in [6.45, 7) is 4.82. The van der Waals surface area contributed by atoms with E-state index in [1.165, 1.54) is 11.0 Å². The van der Waals surface area contributed by atoms with Crippen LogP contribution in [-0.2, 0) is 9.53 Å². The van der Waals surface area contributed by atoms with Crippen molar-refractivity contribution in [3.63, 3.8) is 0 Å². The van der Waals surface area contributed by atoms with Crippen LogP contribution in [0.3, 0.4) is 0 Å². The number of hydrogen-bond donors (Lipinski definition) is 0. The number of nitrogens with zero attached hydrogens (tertiary/aromatic N) is 1. The second-order valence-corrected chi connectivity index (χ2v) is 3.86. The van der Waals surface area contributed by atoms with E-state index in [9.17, 15) is 4.79 Å². The summed E-state index contributed by atoms with van der Waals surface area (Å²) in [5.74, 6) is 0.647. The van der Waals surface area contributed by atoms with Gasteiger partial charge in [-0.3, -0.25) is 4.79 Å². The third-order valence-corrected chi connectivity index (χ3v) is 2.57. The Labute approximate surface area is 100 Å². The van der Waals surface area contributed by atoms with Crippen molar-refractivity contribution in [3.8, 4) is 5.75 Å². The summed E-state index contributed by atoms with van der Waals surface area (Å²) >= 11 is 0. The maximum Gasteiger partial charge on any atom is 0.250 e. The molecule has 1 unspecified atom stereocenters. The first kappa shape index (κ1) is 11.7. The molecule has 2 rings (SSSR count). The molecule has 1 saturated heterocycles. The molecule has 90 valence electrons. The lowest BCUT2D eigenvalue weighted by atomic mass is 10.3. The van der Waals surface area contributed by atoms with Gasteiger partial charge in [-0.2, -0.15) is 0 Å². The number of carbonyl (C=O) groups is 1. The van der Waals surface area contributed by atoms with Crippen molar-refractivity contribution < 1.29 is 14.3 Å². The maximum absolute atomic E-state index is 11.4. The minimum absolute atomic E-state index is 0.134. The number of ether oxygens (including phenoxy) is 2. The lowest BCUT2D eigenvalue weighted by molar-refractivity contribution is -0.113. The first-order valence-electron chi connectivity index (χ1n) is 5.45. The van der Waals surface area contributed by atoms with Crippen LogP contribution in [0.15, 0.2) is 36.9 Å². The SMILES string of the molecule is C=CC(=O)N(C)c1ccc(OCC2CO2)cc1. The van der Waals surface area contributed by atoms with Crippen LogP contribution in [0.25, 0.3) is 0 Å². The van der Waals surface area contributed by atoms with E-state index in [4.69, 9.17) is 9.47 Å². The van der Waals surface area contributed by atoms with Gasteiger partial charge in [0.05, 0.1) is 6.61 Å². The lowest BCUT2D eigenvalue weighted by Gasteiger charge is -2.15. The van der Waals surface area contributed by atoms with Gasteiger partial charge < -0.3 is 14.4 Å². The second-order valence-electron chi connectivity index (χ2n) is 3.86. The molecule has 1 aromatic rings. The van der Waals surface area contributed by atoms with Crippen LogP contribution in [0, 0.1) is 0 Å². The highest BCUT2D eigenvalue weighted by atomic mass is 16.6. The molecule has 1 heterocycles. The fourth-order valence-electron chi connectivity index (χ4n) is 1.38. The monoisotopic (exact) mass is 233 g/mol. The first-order valence-corrected chi connectivity index (χ1v) is 5.45. The highest BCUT2D eigenvalue weighted by Crippen LogP contribution is 2.20. The van der Waals surface area contributed by atoms with Crippen molar-refractivity contribution in [2.24, 2.45) is 0 Å². The van der Waals surface area contributed by atoms with Crippen LogP contribution >= 0.6 is 0 Å². The van der Waals surface area contributed by atoms with E-state index in [-0.39, 0.29) is 12.0 Å². The summed E-state index contributed by atoms with van der Waals surface area (Å²) in [6, 6.07) is 7.35. The second kappa shape index (κ2) is 5.01. The molecule has 0 aromatic heterocycles. The Kier molecular flexibility index (Phi) is 3.44. The van der Waals surface area contributed by atoms with E-state index in [0.717, 1.165) is 18.0 Å². The Morgan fingerprint density at radius 1 is 1.59 bits per heavy atom. The highest BCUT2D eigenvalue weighted by molar-refractivity contribution is 6.00. The van der Waals surface area contributed by atoms with Crippen molar-refractivity contribution in [2.75, 3.05) is 25.2 Å². The van der Waals surface area contributed by atoms with Gasteiger partial charge in [0, 0.05) is 12.7 Å². The third-order valence-electron chi connectivity index (χ3n) is 2.57. The molecule has 1 amide bonds. The van der Waals surface area contributed by atoms with Gasteiger partial charge in [0.1, 0.15) is 18.5 Å². The van der Waals surface area contributed by atoms with E-state index < -0.39 is 0 Å². The van der Waals surface area contributed by atoms with E-state index in [1.54, 1.807) is 7.05 Å². The zero-order chi connectivity index (χ0) is 12.3. The molecular formula is C13H15NO3. The molecule has 0 N–H and O–H groups in total. The Morgan fingerprint density at radius 3 is 2.76 bits per heavy atom. The smallest absolute Gasteiger partial charge is 0.250 e. The van der Waals surface area contributed by atoms with Crippen LogP contribution in [-0.4, -0.2) is 32.3 Å². The number of rotatable bonds is 5. The molecule has 1 aliphatic rings. The molecule has 1 fully saturated rings. The topological polar surface area (TPSA) is 42.1 Å². The molecule has 0 aliphatic carbocycles. The summed E-state index contributed by atoms with van der Waals surface area (Å²) in [6.07, 6.45) is 1.54. The maximum atomic E-state index is 11.4. The predicted molar refractivity (Wildman–Crippen MR) is 65.3 cm³/mol. The number of carbonyl (C=O) groups excluding carboxylic acids is 1. The standard InChI is InChI=1S/C13H15NO3/c1-3-13(15)14(2)10-4-6-11(7-5-10)16-8-12-9-17-12/h3-7,12H,1,8-9H2,2H3. The van der Waals surface area contributed by atoms with Crippen molar-refractivity contribution in [1.29, 1.82) is 0 Å². The lowest BCUT2D eigenvalue weighted by Crippen LogP contribution is -2.23. The van der Waals surface area contributed by atoms with Crippen molar-refractivity contribution in [2.45, 2.75) is 6.10 Å². The molecule has 0 bridgehead atoms. The fourth-order valence-corrected chi connectivity index (χ4v) is 1.38. The number of benzene rings is 1. The van der Waals surface area contributed by atoms with E-state index >= 15 is 0 Å². The van der Waals surface area contributed by atoms with Crippen LogP contribution in [0.5, 0.6) is 5.75 Å². The predicted octanol–water partition coefficient (Wildman–Crippen LogP) is 1.61. The van der Waals surface area contributed by atoms with Gasteiger partial charge in [-0.15, -0.1) is 0 Å². The molecule has 1 aliphatic heterocycles. The quantitative estimate of drug-likeness (QED) is 0.573. The van der Waals surface area contributed by atoms with Crippen molar-refractivity contribution >= 4 is 11.6 Å². The molecule has 0 spiro atoms. The third kappa shape index (κ3) is 3.07. The Hall–Kier alpha value is -1.81. The van der Waals surface area contributed by atoms with Crippen LogP contribution in [0.2, 0.25) is 0 Å². The minimum Gasteiger partial charge on any atom is -0.491 e. The van der Waals surface area contributed by atoms with Crippen molar-refractivity contribution in [3.05, 3.63) is 36.9 Å². The number of epoxide rings is 1. The average Bonchev–Trinajstić information content (AvgIpc) is 3.19. The molecule has 4 nitrogen and oxygen atoms in total. The minimum atomic E-state index is -0.134. The molecule has 17 heavy (non-hydrogen) atoms. The molecule has 0 saturated carbocycles. The summed E-state index contributed by atoms with van der Waals surface area (Å²) in [5, 5.41) is 0. The molecule has 1 atom stereocenters. The number of likely N-dealkylation sites (N-methyl/N-ethyl adjacent to an activating group) is 1. The van der Waals surface area contributed by atoms with Gasteiger partial charge in [-0.05, 0) is 30.3 Å². The first-order chi connectivity index (χ1) is 8.20. The number of hydrogen-bond acceptors (Lipinski definition) is 3. The summed E-state index contributed by atoms with van der Waals surface area (Å²) < 4.78 is 10.6. The molecule has 0 radical (unpaired) electrons. The Balaban J connectivity index is 1.96. The van der Waals surface area contributed by atoms with Crippen LogP contribution < -0.4 is 9.64 Å². The normalized spacial score (nSPS) is 17.4. The van der Waals surface area contributed by atoms with Gasteiger partial charge in [0.25, 0.3) is 0 Å². The van der Waals surface area contributed by atoms with E-state index in [0.29, 0.717) is 6.61 Å². The van der Waals surface area contributed by atoms with Crippen molar-refractivity contribution in [1.82, 2.24) is 0 Å².